The molecule has 0 saturated heterocycles. The van der Waals surface area contributed by atoms with Gasteiger partial charge in [0.2, 0.25) is 6.04 Å². The van der Waals surface area contributed by atoms with Crippen molar-refractivity contribution in [1.82, 2.24) is 0 Å². The number of carboxylic acids is 1. The molecule has 0 saturated carbocycles. The highest BCUT2D eigenvalue weighted by atomic mass is 16.6. The van der Waals surface area contributed by atoms with Gasteiger partial charge in [-0.2, -0.15) is 0 Å². The zero-order valence-electron chi connectivity index (χ0n) is 14.3. The smallest absolute Gasteiger partial charge is 0.303 e. The lowest BCUT2D eigenvalue weighted by molar-refractivity contribution is -0.510. The molecule has 0 aromatic carbocycles. The average molecular weight is 325 g/mol. The van der Waals surface area contributed by atoms with E-state index >= 15 is 0 Å². The van der Waals surface area contributed by atoms with Crippen LogP contribution in [0.2, 0.25) is 0 Å². The van der Waals surface area contributed by atoms with E-state index in [2.05, 4.69) is 12.7 Å². The maximum Gasteiger partial charge on any atom is 0.303 e. The monoisotopic (exact) mass is 325 g/mol. The van der Waals surface area contributed by atoms with Gasteiger partial charge in [-0.1, -0.05) is 45.4 Å². The minimum Gasteiger partial charge on any atom is -0.481 e. The molecule has 1 N–H and O–H groups in total. The summed E-state index contributed by atoms with van der Waals surface area (Å²) >= 11 is 0. The first-order chi connectivity index (χ1) is 11.1. The third-order valence-corrected chi connectivity index (χ3v) is 3.77. The van der Waals surface area contributed by atoms with Crippen LogP contribution in [0.3, 0.4) is 0 Å². The number of aliphatic carboxylic acids is 1. The number of hydrogen-bond donors (Lipinski definition) is 1. The summed E-state index contributed by atoms with van der Waals surface area (Å²) in [5, 5.41) is 19.5. The van der Waals surface area contributed by atoms with Crippen molar-refractivity contribution in [2.75, 3.05) is 0 Å². The zero-order valence-corrected chi connectivity index (χ0v) is 14.3. The van der Waals surface area contributed by atoms with Gasteiger partial charge in [-0.05, 0) is 31.8 Å². The van der Waals surface area contributed by atoms with Gasteiger partial charge in [-0.25, -0.2) is 0 Å². The molecule has 0 spiro atoms. The Hall–Kier alpha value is -1.61. The van der Waals surface area contributed by atoms with E-state index in [4.69, 9.17) is 5.11 Å². The Bertz CT molecular complexity index is 386. The molecule has 0 rings (SSSR count). The average Bonchev–Trinajstić information content (AvgIpc) is 2.50. The number of hydrogen-bond acceptors (Lipinski definition) is 3. The van der Waals surface area contributed by atoms with Crippen LogP contribution >= 0.6 is 0 Å². The zero-order chi connectivity index (χ0) is 17.3. The lowest BCUT2D eigenvalue weighted by atomic mass is 10.1. The van der Waals surface area contributed by atoms with Crippen LogP contribution in [0.5, 0.6) is 0 Å². The molecular weight excluding hydrogens is 294 g/mol. The van der Waals surface area contributed by atoms with Gasteiger partial charge in [0.25, 0.3) is 0 Å². The molecule has 1 unspecified atom stereocenters. The Morgan fingerprint density at radius 3 is 2.43 bits per heavy atom. The maximum atomic E-state index is 11.0. The normalized spacial score (nSPS) is 11.5. The summed E-state index contributed by atoms with van der Waals surface area (Å²) in [4.78, 5) is 21.1. The van der Waals surface area contributed by atoms with E-state index in [1.165, 1.54) is 19.3 Å². The number of nitrogens with zero attached hydrogens (tertiary/aromatic N) is 1. The lowest BCUT2D eigenvalue weighted by Crippen LogP contribution is -2.15. The van der Waals surface area contributed by atoms with Gasteiger partial charge >= 0.3 is 5.97 Å². The topological polar surface area (TPSA) is 80.4 Å². The van der Waals surface area contributed by atoms with E-state index in [1.807, 2.05) is 6.08 Å². The first-order valence-corrected chi connectivity index (χ1v) is 8.84. The van der Waals surface area contributed by atoms with E-state index in [0.717, 1.165) is 38.5 Å². The first-order valence-electron chi connectivity index (χ1n) is 8.84. The SMILES string of the molecule is CCCCCCC=C=CC(CCCCCCCC(=O)O)[N+](=O)[O-]. The molecule has 0 heterocycles. The van der Waals surface area contributed by atoms with Gasteiger partial charge in [-0.15, -0.1) is 5.73 Å². The number of rotatable bonds is 15. The van der Waals surface area contributed by atoms with Crippen molar-refractivity contribution in [2.24, 2.45) is 0 Å². The molecule has 0 bridgehead atoms. The summed E-state index contributed by atoms with van der Waals surface area (Å²) in [6.45, 7) is 2.17. The van der Waals surface area contributed by atoms with Crippen LogP contribution in [0.15, 0.2) is 17.9 Å². The predicted molar refractivity (Wildman–Crippen MR) is 92.1 cm³/mol. The standard InChI is InChI=1S/C18H31NO4/c1-2-3-4-5-6-8-11-14-17(19(22)23)15-12-9-7-10-13-16-18(20)21/h8,14,17H,2-7,9-10,12-13,15-16H2,1H3,(H,20,21). The highest BCUT2D eigenvalue weighted by Gasteiger charge is 2.14. The molecule has 132 valence electrons. The van der Waals surface area contributed by atoms with Crippen molar-refractivity contribution >= 4 is 5.97 Å². The molecule has 1 atom stereocenters. The Kier molecular flexibility index (Phi) is 14.2. The summed E-state index contributed by atoms with van der Waals surface area (Å²) in [6, 6.07) is -0.652. The van der Waals surface area contributed by atoms with Crippen LogP contribution < -0.4 is 0 Å². The summed E-state index contributed by atoms with van der Waals surface area (Å²) in [7, 11) is 0. The third kappa shape index (κ3) is 15.1. The van der Waals surface area contributed by atoms with E-state index in [9.17, 15) is 14.9 Å². The summed E-state index contributed by atoms with van der Waals surface area (Å²) in [5.74, 6) is -0.759. The van der Waals surface area contributed by atoms with Crippen molar-refractivity contribution in [3.05, 3.63) is 28.0 Å². The van der Waals surface area contributed by atoms with Crippen molar-refractivity contribution in [3.8, 4) is 0 Å². The summed E-state index contributed by atoms with van der Waals surface area (Å²) in [6.07, 6.45) is 14.1. The molecular formula is C18H31NO4. The fourth-order valence-corrected chi connectivity index (χ4v) is 2.35. The third-order valence-electron chi connectivity index (χ3n) is 3.77. The fourth-order valence-electron chi connectivity index (χ4n) is 2.35. The van der Waals surface area contributed by atoms with E-state index in [0.29, 0.717) is 12.8 Å². The summed E-state index contributed by atoms with van der Waals surface area (Å²) in [5.41, 5.74) is 2.96. The van der Waals surface area contributed by atoms with Gasteiger partial charge in [0, 0.05) is 23.8 Å². The molecule has 0 amide bonds. The molecule has 0 radical (unpaired) electrons. The number of carbonyl (C=O) groups is 1. The second-order valence-electron chi connectivity index (χ2n) is 5.94. The second kappa shape index (κ2) is 15.3. The minimum atomic E-state index is -0.759. The van der Waals surface area contributed by atoms with Crippen LogP contribution in [0.25, 0.3) is 0 Å². The highest BCUT2D eigenvalue weighted by Crippen LogP contribution is 2.11. The molecule has 23 heavy (non-hydrogen) atoms. The van der Waals surface area contributed by atoms with Crippen LogP contribution in [0, 0.1) is 10.1 Å². The van der Waals surface area contributed by atoms with E-state index < -0.39 is 12.0 Å². The highest BCUT2D eigenvalue weighted by molar-refractivity contribution is 5.66. The van der Waals surface area contributed by atoms with Crippen molar-refractivity contribution in [2.45, 2.75) is 90.0 Å². The molecule has 5 heteroatoms. The maximum absolute atomic E-state index is 11.0. The van der Waals surface area contributed by atoms with E-state index in [1.54, 1.807) is 6.08 Å². The molecule has 0 aliphatic rings. The van der Waals surface area contributed by atoms with Gasteiger partial charge in [0.1, 0.15) is 0 Å². The first kappa shape index (κ1) is 21.4. The van der Waals surface area contributed by atoms with Crippen molar-refractivity contribution < 1.29 is 14.8 Å². The van der Waals surface area contributed by atoms with Crippen molar-refractivity contribution in [3.63, 3.8) is 0 Å². The second-order valence-corrected chi connectivity index (χ2v) is 5.94. The minimum absolute atomic E-state index is 0.212. The fraction of sp³-hybridized carbons (Fsp3) is 0.778. The van der Waals surface area contributed by atoms with Crippen LogP contribution in [0.4, 0.5) is 0 Å². The predicted octanol–water partition coefficient (Wildman–Crippen LogP) is 5.13. The molecule has 0 aliphatic carbocycles. The number of nitro groups is 1. The van der Waals surface area contributed by atoms with Crippen LogP contribution in [0.1, 0.15) is 84.0 Å². The largest absolute Gasteiger partial charge is 0.481 e. The Morgan fingerprint density at radius 1 is 1.13 bits per heavy atom. The molecule has 0 fully saturated rings. The Labute approximate surface area is 139 Å². The Balaban J connectivity index is 3.83. The number of unbranched alkanes of at least 4 members (excludes halogenated alkanes) is 8. The van der Waals surface area contributed by atoms with E-state index in [-0.39, 0.29) is 11.3 Å². The Morgan fingerprint density at radius 2 is 1.78 bits per heavy atom. The molecule has 0 aliphatic heterocycles. The molecule has 0 aromatic rings. The molecule has 5 nitrogen and oxygen atoms in total. The quantitative estimate of drug-likeness (QED) is 0.196. The van der Waals surface area contributed by atoms with Gasteiger partial charge in [-0.3, -0.25) is 14.9 Å². The van der Waals surface area contributed by atoms with Crippen molar-refractivity contribution in [1.29, 1.82) is 0 Å². The van der Waals surface area contributed by atoms with Gasteiger partial charge in [0.15, 0.2) is 0 Å². The van der Waals surface area contributed by atoms with Gasteiger partial charge < -0.3 is 5.11 Å². The van der Waals surface area contributed by atoms with Crippen LogP contribution in [-0.4, -0.2) is 22.0 Å². The molecule has 0 aromatic heterocycles. The number of carboxylic acid groups (broad SMARTS) is 1. The summed E-state index contributed by atoms with van der Waals surface area (Å²) < 4.78 is 0. The van der Waals surface area contributed by atoms with Gasteiger partial charge in [0.05, 0.1) is 0 Å². The lowest BCUT2D eigenvalue weighted by Gasteiger charge is -2.04. The van der Waals surface area contributed by atoms with Crippen LogP contribution in [-0.2, 0) is 4.79 Å².